The van der Waals surface area contributed by atoms with Crippen LogP contribution in [-0.4, -0.2) is 12.6 Å². The monoisotopic (exact) mass is 246 g/mol. The standard InChI is InChI=1S/C12H17F3N2/c1-2-9(16)7-8-17-11-6-4-3-5-10(11)12(13,14)15/h3-6,9,17H,2,7-8,16H2,1H3. The molecule has 0 radical (unpaired) electrons. The molecule has 0 spiro atoms. The highest BCUT2D eigenvalue weighted by atomic mass is 19.4. The fourth-order valence-corrected chi connectivity index (χ4v) is 1.48. The maximum Gasteiger partial charge on any atom is 0.418 e. The first kappa shape index (κ1) is 13.8. The van der Waals surface area contributed by atoms with Gasteiger partial charge in [0.25, 0.3) is 0 Å². The van der Waals surface area contributed by atoms with Crippen molar-refractivity contribution < 1.29 is 13.2 Å². The molecule has 5 heteroatoms. The third-order valence-corrected chi connectivity index (χ3v) is 2.59. The maximum absolute atomic E-state index is 12.6. The van der Waals surface area contributed by atoms with Crippen molar-refractivity contribution in [2.24, 2.45) is 5.73 Å². The van der Waals surface area contributed by atoms with Crippen LogP contribution in [0.4, 0.5) is 18.9 Å². The van der Waals surface area contributed by atoms with Crippen molar-refractivity contribution in [3.05, 3.63) is 29.8 Å². The predicted molar refractivity (Wildman–Crippen MR) is 62.8 cm³/mol. The van der Waals surface area contributed by atoms with Crippen LogP contribution in [0.2, 0.25) is 0 Å². The van der Waals surface area contributed by atoms with Crippen molar-refractivity contribution in [2.45, 2.75) is 32.0 Å². The molecule has 2 nitrogen and oxygen atoms in total. The Balaban J connectivity index is 2.65. The lowest BCUT2D eigenvalue weighted by atomic mass is 10.1. The zero-order chi connectivity index (χ0) is 12.9. The average Bonchev–Trinajstić information content (AvgIpc) is 2.28. The van der Waals surface area contributed by atoms with Crippen LogP contribution >= 0.6 is 0 Å². The molecular weight excluding hydrogens is 229 g/mol. The summed E-state index contributed by atoms with van der Waals surface area (Å²) in [5.41, 5.74) is 5.18. The van der Waals surface area contributed by atoms with E-state index >= 15 is 0 Å². The van der Waals surface area contributed by atoms with Gasteiger partial charge in [0.1, 0.15) is 0 Å². The number of rotatable bonds is 5. The highest BCUT2D eigenvalue weighted by Gasteiger charge is 2.32. The highest BCUT2D eigenvalue weighted by molar-refractivity contribution is 5.52. The summed E-state index contributed by atoms with van der Waals surface area (Å²) < 4.78 is 37.9. The zero-order valence-corrected chi connectivity index (χ0v) is 9.72. The van der Waals surface area contributed by atoms with Crippen molar-refractivity contribution in [3.63, 3.8) is 0 Å². The van der Waals surface area contributed by atoms with E-state index < -0.39 is 11.7 Å². The minimum Gasteiger partial charge on any atom is -0.384 e. The fourth-order valence-electron chi connectivity index (χ4n) is 1.48. The molecule has 0 aliphatic rings. The SMILES string of the molecule is CCC(N)CCNc1ccccc1C(F)(F)F. The molecule has 0 aliphatic carbocycles. The third-order valence-electron chi connectivity index (χ3n) is 2.59. The number of para-hydroxylation sites is 1. The summed E-state index contributed by atoms with van der Waals surface area (Å²) in [6.07, 6.45) is -2.85. The van der Waals surface area contributed by atoms with Crippen molar-refractivity contribution in [2.75, 3.05) is 11.9 Å². The molecule has 0 aromatic heterocycles. The number of benzene rings is 1. The van der Waals surface area contributed by atoms with E-state index in [1.54, 1.807) is 6.07 Å². The van der Waals surface area contributed by atoms with Crippen LogP contribution in [0, 0.1) is 0 Å². The van der Waals surface area contributed by atoms with E-state index in [0.717, 1.165) is 12.5 Å². The summed E-state index contributed by atoms with van der Waals surface area (Å²) in [5.74, 6) is 0. The van der Waals surface area contributed by atoms with Crippen LogP contribution in [0.15, 0.2) is 24.3 Å². The summed E-state index contributed by atoms with van der Waals surface area (Å²) >= 11 is 0. The second-order valence-electron chi connectivity index (χ2n) is 3.93. The molecule has 3 N–H and O–H groups in total. The van der Waals surface area contributed by atoms with Crippen LogP contribution < -0.4 is 11.1 Å². The molecule has 0 bridgehead atoms. The van der Waals surface area contributed by atoms with Gasteiger partial charge in [-0.05, 0) is 25.0 Å². The number of hydrogen-bond donors (Lipinski definition) is 2. The fraction of sp³-hybridized carbons (Fsp3) is 0.500. The van der Waals surface area contributed by atoms with Gasteiger partial charge in [-0.25, -0.2) is 0 Å². The first-order valence-electron chi connectivity index (χ1n) is 5.60. The van der Waals surface area contributed by atoms with E-state index in [1.165, 1.54) is 12.1 Å². The number of nitrogens with one attached hydrogen (secondary N) is 1. The molecular formula is C12H17F3N2. The highest BCUT2D eigenvalue weighted by Crippen LogP contribution is 2.34. The van der Waals surface area contributed by atoms with Gasteiger partial charge < -0.3 is 11.1 Å². The molecule has 1 aromatic rings. The lowest BCUT2D eigenvalue weighted by Gasteiger charge is -2.15. The van der Waals surface area contributed by atoms with Crippen molar-refractivity contribution in [1.29, 1.82) is 0 Å². The van der Waals surface area contributed by atoms with Crippen LogP contribution in [-0.2, 0) is 6.18 Å². The van der Waals surface area contributed by atoms with Crippen molar-refractivity contribution >= 4 is 5.69 Å². The molecule has 17 heavy (non-hydrogen) atoms. The number of nitrogens with two attached hydrogens (primary N) is 1. The van der Waals surface area contributed by atoms with Gasteiger partial charge in [0.15, 0.2) is 0 Å². The van der Waals surface area contributed by atoms with E-state index in [1.807, 2.05) is 6.92 Å². The van der Waals surface area contributed by atoms with Gasteiger partial charge in [0.05, 0.1) is 5.56 Å². The summed E-state index contributed by atoms with van der Waals surface area (Å²) in [5, 5.41) is 2.79. The Hall–Kier alpha value is -1.23. The van der Waals surface area contributed by atoms with Crippen LogP contribution in [0.3, 0.4) is 0 Å². The molecule has 0 heterocycles. The van der Waals surface area contributed by atoms with E-state index in [2.05, 4.69) is 5.32 Å². The molecule has 96 valence electrons. The molecule has 0 amide bonds. The maximum atomic E-state index is 12.6. The normalized spacial score (nSPS) is 13.5. The molecule has 0 aliphatic heterocycles. The Morgan fingerprint density at radius 2 is 1.94 bits per heavy atom. The average molecular weight is 246 g/mol. The summed E-state index contributed by atoms with van der Waals surface area (Å²) in [7, 11) is 0. The van der Waals surface area contributed by atoms with Crippen LogP contribution in [0.5, 0.6) is 0 Å². The number of hydrogen-bond acceptors (Lipinski definition) is 2. The van der Waals surface area contributed by atoms with Crippen LogP contribution in [0.1, 0.15) is 25.3 Å². The molecule has 0 saturated heterocycles. The van der Waals surface area contributed by atoms with Crippen molar-refractivity contribution in [3.8, 4) is 0 Å². The smallest absolute Gasteiger partial charge is 0.384 e. The summed E-state index contributed by atoms with van der Waals surface area (Å²) in [4.78, 5) is 0. The first-order chi connectivity index (χ1) is 7.95. The summed E-state index contributed by atoms with van der Waals surface area (Å²) in [6.45, 7) is 2.40. The Labute approximate surface area is 99.0 Å². The third kappa shape index (κ3) is 4.26. The van der Waals surface area contributed by atoms with Gasteiger partial charge in [0.2, 0.25) is 0 Å². The quantitative estimate of drug-likeness (QED) is 0.837. The van der Waals surface area contributed by atoms with Gasteiger partial charge in [0, 0.05) is 18.3 Å². The zero-order valence-electron chi connectivity index (χ0n) is 9.72. The Kier molecular flexibility index (Phi) is 4.81. The predicted octanol–water partition coefficient (Wildman–Crippen LogP) is 3.24. The molecule has 1 aromatic carbocycles. The number of alkyl halides is 3. The van der Waals surface area contributed by atoms with E-state index in [0.29, 0.717) is 13.0 Å². The number of halogens is 3. The second kappa shape index (κ2) is 5.91. The van der Waals surface area contributed by atoms with E-state index in [9.17, 15) is 13.2 Å². The minimum atomic E-state index is -4.32. The Bertz CT molecular complexity index is 350. The molecule has 1 rings (SSSR count). The minimum absolute atomic E-state index is 0.0283. The van der Waals surface area contributed by atoms with E-state index in [4.69, 9.17) is 5.73 Å². The van der Waals surface area contributed by atoms with Gasteiger partial charge in [-0.15, -0.1) is 0 Å². The molecule has 0 saturated carbocycles. The molecule has 1 atom stereocenters. The lowest BCUT2D eigenvalue weighted by Crippen LogP contribution is -2.22. The second-order valence-corrected chi connectivity index (χ2v) is 3.93. The molecule has 1 unspecified atom stereocenters. The van der Waals surface area contributed by atoms with Crippen LogP contribution in [0.25, 0.3) is 0 Å². The topological polar surface area (TPSA) is 38.0 Å². The largest absolute Gasteiger partial charge is 0.418 e. The van der Waals surface area contributed by atoms with Crippen molar-refractivity contribution in [1.82, 2.24) is 0 Å². The number of anilines is 1. The van der Waals surface area contributed by atoms with Gasteiger partial charge in [-0.2, -0.15) is 13.2 Å². The van der Waals surface area contributed by atoms with Gasteiger partial charge in [-0.1, -0.05) is 19.1 Å². The lowest BCUT2D eigenvalue weighted by molar-refractivity contribution is -0.136. The Morgan fingerprint density at radius 3 is 2.53 bits per heavy atom. The first-order valence-corrected chi connectivity index (χ1v) is 5.60. The van der Waals surface area contributed by atoms with Gasteiger partial charge >= 0.3 is 6.18 Å². The Morgan fingerprint density at radius 1 is 1.29 bits per heavy atom. The van der Waals surface area contributed by atoms with E-state index in [-0.39, 0.29) is 11.7 Å². The summed E-state index contributed by atoms with van der Waals surface area (Å²) in [6, 6.07) is 5.49. The van der Waals surface area contributed by atoms with Gasteiger partial charge in [-0.3, -0.25) is 0 Å². The molecule has 0 fully saturated rings.